The molecule has 1 atom stereocenters. The van der Waals surface area contributed by atoms with Gasteiger partial charge in [0.2, 0.25) is 15.9 Å². The van der Waals surface area contributed by atoms with Crippen LogP contribution in [-0.4, -0.2) is 36.0 Å². The van der Waals surface area contributed by atoms with Crippen LogP contribution in [0.2, 0.25) is 0 Å². The van der Waals surface area contributed by atoms with Crippen LogP contribution < -0.4 is 0 Å². The molecule has 1 aromatic heterocycles. The van der Waals surface area contributed by atoms with E-state index in [0.29, 0.717) is 36.1 Å². The quantitative estimate of drug-likeness (QED) is 0.861. The van der Waals surface area contributed by atoms with Crippen LogP contribution in [0.3, 0.4) is 0 Å². The molecule has 1 aliphatic heterocycles. The van der Waals surface area contributed by atoms with Gasteiger partial charge in [-0.1, -0.05) is 44.1 Å². The van der Waals surface area contributed by atoms with E-state index in [1.807, 2.05) is 20.8 Å². The monoisotopic (exact) mass is 335 g/mol. The van der Waals surface area contributed by atoms with E-state index in [1.165, 1.54) is 4.31 Å². The van der Waals surface area contributed by atoms with Gasteiger partial charge in [0, 0.05) is 18.5 Å². The van der Waals surface area contributed by atoms with Crippen LogP contribution in [0.1, 0.15) is 44.8 Å². The Balaban J connectivity index is 1.78. The largest absolute Gasteiger partial charge is 0.339 e. The Hall–Kier alpha value is -1.73. The summed E-state index contributed by atoms with van der Waals surface area (Å²) in [6.07, 6.45) is 0.692. The van der Waals surface area contributed by atoms with Gasteiger partial charge in [-0.15, -0.1) is 0 Å². The summed E-state index contributed by atoms with van der Waals surface area (Å²) in [4.78, 5) is 4.77. The van der Waals surface area contributed by atoms with Crippen molar-refractivity contribution in [2.45, 2.75) is 43.4 Å². The average Bonchev–Trinajstić information content (AvgIpc) is 3.16. The Morgan fingerprint density at radius 3 is 2.52 bits per heavy atom. The lowest BCUT2D eigenvalue weighted by molar-refractivity contribution is 0.343. The molecule has 0 radical (unpaired) electrons. The molecule has 0 bridgehead atoms. The summed E-state index contributed by atoms with van der Waals surface area (Å²) >= 11 is 0. The number of hydrogen-bond donors (Lipinski definition) is 0. The van der Waals surface area contributed by atoms with Crippen molar-refractivity contribution in [3.8, 4) is 0 Å². The highest BCUT2D eigenvalue weighted by molar-refractivity contribution is 7.89. The highest BCUT2D eigenvalue weighted by atomic mass is 32.2. The van der Waals surface area contributed by atoms with Gasteiger partial charge in [-0.05, 0) is 18.6 Å². The smallest absolute Gasteiger partial charge is 0.243 e. The van der Waals surface area contributed by atoms with E-state index in [9.17, 15) is 8.42 Å². The topological polar surface area (TPSA) is 76.3 Å². The molecule has 1 aliphatic rings. The molecule has 1 fully saturated rings. The second kappa shape index (κ2) is 5.72. The van der Waals surface area contributed by atoms with Crippen LogP contribution in [0.15, 0.2) is 39.8 Å². The minimum Gasteiger partial charge on any atom is -0.339 e. The van der Waals surface area contributed by atoms with Crippen molar-refractivity contribution in [3.05, 3.63) is 42.0 Å². The van der Waals surface area contributed by atoms with Gasteiger partial charge >= 0.3 is 0 Å². The maximum Gasteiger partial charge on any atom is 0.243 e. The lowest BCUT2D eigenvalue weighted by Crippen LogP contribution is -2.28. The van der Waals surface area contributed by atoms with E-state index < -0.39 is 10.0 Å². The molecule has 0 N–H and O–H groups in total. The van der Waals surface area contributed by atoms with E-state index in [-0.39, 0.29) is 11.3 Å². The van der Waals surface area contributed by atoms with Crippen LogP contribution in [0.25, 0.3) is 0 Å². The van der Waals surface area contributed by atoms with Gasteiger partial charge < -0.3 is 4.52 Å². The molecule has 0 spiro atoms. The second-order valence-electron chi connectivity index (χ2n) is 6.87. The third kappa shape index (κ3) is 3.16. The molecule has 6 nitrogen and oxygen atoms in total. The first-order valence-corrected chi connectivity index (χ1v) is 9.12. The molecule has 1 unspecified atom stereocenters. The number of sulfonamides is 1. The van der Waals surface area contributed by atoms with Gasteiger partial charge in [0.05, 0.1) is 10.8 Å². The summed E-state index contributed by atoms with van der Waals surface area (Å²) in [5.74, 6) is 1.13. The minimum absolute atomic E-state index is 0.0444. The number of rotatable bonds is 3. The molecule has 1 saturated heterocycles. The van der Waals surface area contributed by atoms with Crippen LogP contribution in [0, 0.1) is 0 Å². The number of aromatic nitrogens is 2. The van der Waals surface area contributed by atoms with E-state index in [1.54, 1.807) is 30.3 Å². The first-order valence-electron chi connectivity index (χ1n) is 7.68. The normalized spacial score (nSPS) is 20.0. The molecule has 23 heavy (non-hydrogen) atoms. The summed E-state index contributed by atoms with van der Waals surface area (Å²) in [5, 5.41) is 4.02. The minimum atomic E-state index is -3.46. The molecule has 2 aromatic rings. The highest BCUT2D eigenvalue weighted by Gasteiger charge is 2.36. The lowest BCUT2D eigenvalue weighted by atomic mass is 9.96. The Morgan fingerprint density at radius 2 is 1.91 bits per heavy atom. The van der Waals surface area contributed by atoms with Gasteiger partial charge in [-0.25, -0.2) is 8.42 Å². The fourth-order valence-corrected chi connectivity index (χ4v) is 4.12. The summed E-state index contributed by atoms with van der Waals surface area (Å²) in [6, 6.07) is 8.50. The summed E-state index contributed by atoms with van der Waals surface area (Å²) in [6.45, 7) is 6.89. The van der Waals surface area contributed by atoms with Crippen molar-refractivity contribution in [1.82, 2.24) is 14.4 Å². The Bertz CT molecular complexity index is 778. The SMILES string of the molecule is CC(C)(C)c1noc(C2CCN(S(=O)(=O)c3ccccc3)C2)n1. The van der Waals surface area contributed by atoms with Crippen molar-refractivity contribution in [2.24, 2.45) is 0 Å². The average molecular weight is 335 g/mol. The summed E-state index contributed by atoms with van der Waals surface area (Å²) in [7, 11) is -3.46. The van der Waals surface area contributed by atoms with Crippen molar-refractivity contribution in [3.63, 3.8) is 0 Å². The van der Waals surface area contributed by atoms with Crippen LogP contribution in [0.4, 0.5) is 0 Å². The van der Waals surface area contributed by atoms with Gasteiger partial charge in [0.25, 0.3) is 0 Å². The zero-order valence-electron chi connectivity index (χ0n) is 13.6. The first kappa shape index (κ1) is 16.1. The molecular weight excluding hydrogens is 314 g/mol. The molecule has 0 aliphatic carbocycles. The van der Waals surface area contributed by atoms with Gasteiger partial charge in [0.15, 0.2) is 5.82 Å². The third-order valence-electron chi connectivity index (χ3n) is 3.99. The van der Waals surface area contributed by atoms with E-state index >= 15 is 0 Å². The standard InChI is InChI=1S/C16H21N3O3S/c1-16(2,3)15-17-14(22-18-15)12-9-10-19(11-12)23(20,21)13-7-5-4-6-8-13/h4-8,12H,9-11H2,1-3H3. The lowest BCUT2D eigenvalue weighted by Gasteiger charge is -2.15. The summed E-state index contributed by atoms with van der Waals surface area (Å²) < 4.78 is 32.1. The summed E-state index contributed by atoms with van der Waals surface area (Å²) in [5.41, 5.74) is -0.184. The third-order valence-corrected chi connectivity index (χ3v) is 5.87. The van der Waals surface area contributed by atoms with Crippen molar-refractivity contribution >= 4 is 10.0 Å². The Kier molecular flexibility index (Phi) is 4.01. The zero-order valence-corrected chi connectivity index (χ0v) is 14.4. The maximum absolute atomic E-state index is 12.6. The molecule has 124 valence electrons. The van der Waals surface area contributed by atoms with Gasteiger partial charge in [-0.2, -0.15) is 9.29 Å². The van der Waals surface area contributed by atoms with Crippen LogP contribution >= 0.6 is 0 Å². The van der Waals surface area contributed by atoms with Crippen molar-refractivity contribution in [2.75, 3.05) is 13.1 Å². The van der Waals surface area contributed by atoms with Gasteiger partial charge in [-0.3, -0.25) is 0 Å². The van der Waals surface area contributed by atoms with Crippen LogP contribution in [-0.2, 0) is 15.4 Å². The molecule has 2 heterocycles. The van der Waals surface area contributed by atoms with Crippen molar-refractivity contribution in [1.29, 1.82) is 0 Å². The molecule has 0 amide bonds. The van der Waals surface area contributed by atoms with E-state index in [2.05, 4.69) is 10.1 Å². The van der Waals surface area contributed by atoms with E-state index in [4.69, 9.17) is 4.52 Å². The Labute approximate surface area is 136 Å². The van der Waals surface area contributed by atoms with Crippen LogP contribution in [0.5, 0.6) is 0 Å². The fourth-order valence-electron chi connectivity index (χ4n) is 2.60. The van der Waals surface area contributed by atoms with E-state index in [0.717, 1.165) is 0 Å². The predicted octanol–water partition coefficient (Wildman–Crippen LogP) is 2.55. The maximum atomic E-state index is 12.6. The molecule has 1 aromatic carbocycles. The van der Waals surface area contributed by atoms with Gasteiger partial charge in [0.1, 0.15) is 0 Å². The zero-order chi connectivity index (χ0) is 16.7. The molecule has 7 heteroatoms. The Morgan fingerprint density at radius 1 is 1.22 bits per heavy atom. The number of benzene rings is 1. The second-order valence-corrected chi connectivity index (χ2v) is 8.81. The highest BCUT2D eigenvalue weighted by Crippen LogP contribution is 2.31. The molecular formula is C16H21N3O3S. The predicted molar refractivity (Wildman–Crippen MR) is 85.6 cm³/mol. The fraction of sp³-hybridized carbons (Fsp3) is 0.500. The number of nitrogens with zero attached hydrogens (tertiary/aromatic N) is 3. The molecule has 3 rings (SSSR count). The molecule has 0 saturated carbocycles. The first-order chi connectivity index (χ1) is 10.8. The number of hydrogen-bond acceptors (Lipinski definition) is 5. The van der Waals surface area contributed by atoms with Crippen molar-refractivity contribution < 1.29 is 12.9 Å².